The molecule has 2 saturated heterocycles. The van der Waals surface area contributed by atoms with E-state index in [4.69, 9.17) is 4.74 Å². The van der Waals surface area contributed by atoms with Crippen molar-refractivity contribution in [3.05, 3.63) is 58.9 Å². The summed E-state index contributed by atoms with van der Waals surface area (Å²) in [6, 6.07) is 10.1. The molecule has 1 amide bonds. The van der Waals surface area contributed by atoms with Crippen LogP contribution in [0, 0.1) is 5.82 Å². The lowest BCUT2D eigenvalue weighted by Gasteiger charge is -2.40. The van der Waals surface area contributed by atoms with E-state index in [1.54, 1.807) is 4.90 Å². The monoisotopic (exact) mass is 412 g/mol. The molecule has 2 fully saturated rings. The third-order valence-corrected chi connectivity index (χ3v) is 5.96. The molecule has 2 heterocycles. The minimum absolute atomic E-state index is 0.0331. The smallest absolute Gasteiger partial charge is 0.254 e. The quantitative estimate of drug-likeness (QED) is 0.778. The van der Waals surface area contributed by atoms with Gasteiger partial charge in [0.25, 0.3) is 5.91 Å². The zero-order chi connectivity index (χ0) is 21.3. The maximum absolute atomic E-state index is 14.0. The van der Waals surface area contributed by atoms with E-state index in [2.05, 4.69) is 17.0 Å². The van der Waals surface area contributed by atoms with Gasteiger partial charge in [-0.25, -0.2) is 4.39 Å². The van der Waals surface area contributed by atoms with Crippen LogP contribution in [-0.4, -0.2) is 54.5 Å². The first-order valence-electron chi connectivity index (χ1n) is 10.2. The van der Waals surface area contributed by atoms with Crippen LogP contribution >= 0.6 is 0 Å². The lowest BCUT2D eigenvalue weighted by Crippen LogP contribution is -2.48. The fraction of sp³-hybridized carbons (Fsp3) is 0.391. The molecule has 0 aromatic heterocycles. The molecule has 2 aromatic rings. The number of phenolic OH excluding ortho intramolecular Hbond substituents is 1. The molecule has 2 aromatic carbocycles. The van der Waals surface area contributed by atoms with E-state index in [1.807, 2.05) is 19.1 Å². The summed E-state index contributed by atoms with van der Waals surface area (Å²) in [5.41, 5.74) is 1.94. The zero-order valence-electron chi connectivity index (χ0n) is 16.9. The first-order valence-corrected chi connectivity index (χ1v) is 10.2. The van der Waals surface area contributed by atoms with Crippen LogP contribution in [0.15, 0.2) is 36.4 Å². The fourth-order valence-corrected chi connectivity index (χ4v) is 4.32. The normalized spacial score (nSPS) is 21.7. The molecule has 0 spiro atoms. The van der Waals surface area contributed by atoms with Crippen LogP contribution in [0.25, 0.3) is 0 Å². The Morgan fingerprint density at radius 3 is 2.70 bits per heavy atom. The van der Waals surface area contributed by atoms with E-state index in [0.717, 1.165) is 30.4 Å². The number of anilines is 1. The first kappa shape index (κ1) is 20.3. The standard InChI is InChI=1S/C23H25FN2O4/c1-15-22(16-5-4-6-19(12-16)25-7-2-3-8-25)30-10-9-26(15)23(29)17-11-18(14-27)21(28)20(24)13-17/h4-6,11-15,22,28H,2-3,7-10H2,1H3/t15-,22+/m0/s1. The number of amides is 1. The number of benzene rings is 2. The average molecular weight is 412 g/mol. The number of hydrogen-bond donors (Lipinski definition) is 1. The number of carbonyl (C=O) groups excluding carboxylic acids is 2. The van der Waals surface area contributed by atoms with Gasteiger partial charge in [0.15, 0.2) is 17.9 Å². The van der Waals surface area contributed by atoms with Crippen LogP contribution < -0.4 is 4.90 Å². The second kappa shape index (κ2) is 8.44. The molecule has 0 radical (unpaired) electrons. The number of ether oxygens (including phenoxy) is 1. The molecule has 2 aliphatic rings. The Bertz CT molecular complexity index is 958. The van der Waals surface area contributed by atoms with Crippen LogP contribution in [0.4, 0.5) is 10.1 Å². The first-order chi connectivity index (χ1) is 14.5. The Labute approximate surface area is 174 Å². The van der Waals surface area contributed by atoms with E-state index in [9.17, 15) is 19.1 Å². The Balaban J connectivity index is 1.58. The molecule has 6 nitrogen and oxygen atoms in total. The number of aromatic hydroxyl groups is 1. The molecule has 2 atom stereocenters. The van der Waals surface area contributed by atoms with Gasteiger partial charge in [-0.3, -0.25) is 9.59 Å². The molecule has 30 heavy (non-hydrogen) atoms. The summed E-state index contributed by atoms with van der Waals surface area (Å²) < 4.78 is 20.0. The maximum atomic E-state index is 14.0. The van der Waals surface area contributed by atoms with Gasteiger partial charge in [-0.15, -0.1) is 0 Å². The van der Waals surface area contributed by atoms with Crippen molar-refractivity contribution < 1.29 is 23.8 Å². The molecule has 0 bridgehead atoms. The number of hydrogen-bond acceptors (Lipinski definition) is 5. The van der Waals surface area contributed by atoms with Gasteiger partial charge in [0.2, 0.25) is 0 Å². The number of rotatable bonds is 4. The maximum Gasteiger partial charge on any atom is 0.254 e. The molecule has 2 aliphatic heterocycles. The lowest BCUT2D eigenvalue weighted by molar-refractivity contribution is -0.0551. The third-order valence-electron chi connectivity index (χ3n) is 5.96. The van der Waals surface area contributed by atoms with Crippen LogP contribution in [0.2, 0.25) is 0 Å². The number of carbonyl (C=O) groups is 2. The fourth-order valence-electron chi connectivity index (χ4n) is 4.32. The summed E-state index contributed by atoms with van der Waals surface area (Å²) in [5.74, 6) is -2.12. The van der Waals surface area contributed by atoms with Gasteiger partial charge in [0.1, 0.15) is 6.10 Å². The van der Waals surface area contributed by atoms with E-state index in [0.29, 0.717) is 19.4 Å². The molecule has 1 N–H and O–H groups in total. The van der Waals surface area contributed by atoms with Gasteiger partial charge < -0.3 is 19.6 Å². The van der Waals surface area contributed by atoms with Crippen molar-refractivity contribution >= 4 is 17.9 Å². The Morgan fingerprint density at radius 1 is 1.20 bits per heavy atom. The molecular weight excluding hydrogens is 387 g/mol. The van der Waals surface area contributed by atoms with Gasteiger partial charge in [-0.1, -0.05) is 12.1 Å². The topological polar surface area (TPSA) is 70.1 Å². The number of nitrogens with zero attached hydrogens (tertiary/aromatic N) is 2. The molecule has 0 unspecified atom stereocenters. The number of morpholine rings is 1. The molecular formula is C23H25FN2O4. The second-order valence-electron chi connectivity index (χ2n) is 7.83. The van der Waals surface area contributed by atoms with Crippen molar-refractivity contribution in [2.24, 2.45) is 0 Å². The van der Waals surface area contributed by atoms with Crippen molar-refractivity contribution in [1.29, 1.82) is 0 Å². The summed E-state index contributed by atoms with van der Waals surface area (Å²) in [4.78, 5) is 28.2. The molecule has 158 valence electrons. The average Bonchev–Trinajstić information content (AvgIpc) is 3.30. The van der Waals surface area contributed by atoms with Crippen molar-refractivity contribution in [1.82, 2.24) is 4.90 Å². The van der Waals surface area contributed by atoms with E-state index in [-0.39, 0.29) is 23.3 Å². The number of phenols is 1. The second-order valence-corrected chi connectivity index (χ2v) is 7.83. The SMILES string of the molecule is C[C@H]1[C@H](c2cccc(N3CCCC3)c2)OCCN1C(=O)c1cc(F)c(O)c(C=O)c1. The summed E-state index contributed by atoms with van der Waals surface area (Å²) in [6.45, 7) is 4.71. The Morgan fingerprint density at radius 2 is 1.97 bits per heavy atom. The van der Waals surface area contributed by atoms with Crippen molar-refractivity contribution in [3.63, 3.8) is 0 Å². The van der Waals surface area contributed by atoms with Gasteiger partial charge in [-0.05, 0) is 49.6 Å². The number of halogens is 1. The molecule has 0 aliphatic carbocycles. The minimum atomic E-state index is -0.987. The Hall–Kier alpha value is -2.93. The van der Waals surface area contributed by atoms with Crippen molar-refractivity contribution in [2.45, 2.75) is 31.9 Å². The molecule has 0 saturated carbocycles. The largest absolute Gasteiger partial charge is 0.504 e. The van der Waals surface area contributed by atoms with Gasteiger partial charge in [0.05, 0.1) is 18.2 Å². The minimum Gasteiger partial charge on any atom is -0.504 e. The van der Waals surface area contributed by atoms with Crippen LogP contribution in [0.1, 0.15) is 52.1 Å². The predicted octanol–water partition coefficient (Wildman–Crippen LogP) is 3.55. The van der Waals surface area contributed by atoms with Crippen LogP contribution in [0.3, 0.4) is 0 Å². The molecule has 4 rings (SSSR count). The van der Waals surface area contributed by atoms with Gasteiger partial charge >= 0.3 is 0 Å². The molecule has 7 heteroatoms. The lowest BCUT2D eigenvalue weighted by atomic mass is 9.98. The Kier molecular flexibility index (Phi) is 5.72. The van der Waals surface area contributed by atoms with Crippen molar-refractivity contribution in [3.8, 4) is 5.75 Å². The highest BCUT2D eigenvalue weighted by Crippen LogP contribution is 2.33. The highest BCUT2D eigenvalue weighted by molar-refractivity contribution is 5.97. The van der Waals surface area contributed by atoms with Crippen molar-refractivity contribution in [2.75, 3.05) is 31.1 Å². The highest BCUT2D eigenvalue weighted by Gasteiger charge is 2.34. The van der Waals surface area contributed by atoms with E-state index < -0.39 is 17.5 Å². The van der Waals surface area contributed by atoms with Gasteiger partial charge in [0, 0.05) is 30.9 Å². The summed E-state index contributed by atoms with van der Waals surface area (Å²) in [6.07, 6.45) is 2.41. The van der Waals surface area contributed by atoms with Crippen LogP contribution in [0.5, 0.6) is 5.75 Å². The van der Waals surface area contributed by atoms with E-state index in [1.165, 1.54) is 18.9 Å². The van der Waals surface area contributed by atoms with Gasteiger partial charge in [-0.2, -0.15) is 0 Å². The summed E-state index contributed by atoms with van der Waals surface area (Å²) >= 11 is 0. The predicted molar refractivity (Wildman–Crippen MR) is 111 cm³/mol. The number of aldehydes is 1. The summed E-state index contributed by atoms with van der Waals surface area (Å²) in [5, 5.41) is 9.62. The highest BCUT2D eigenvalue weighted by atomic mass is 19.1. The zero-order valence-corrected chi connectivity index (χ0v) is 16.9. The third kappa shape index (κ3) is 3.77. The van der Waals surface area contributed by atoms with E-state index >= 15 is 0 Å². The summed E-state index contributed by atoms with van der Waals surface area (Å²) in [7, 11) is 0. The van der Waals surface area contributed by atoms with Crippen LogP contribution in [-0.2, 0) is 4.74 Å².